The normalized spacial score (nSPS) is 20.2. The molecule has 0 saturated heterocycles. The zero-order valence-electron chi connectivity index (χ0n) is 8.87. The number of aliphatic hydroxyl groups is 1. The summed E-state index contributed by atoms with van der Waals surface area (Å²) in [4.78, 5) is 0. The minimum atomic E-state index is -0.561. The van der Waals surface area contributed by atoms with Crippen LogP contribution in [0.15, 0.2) is 22.7 Å². The summed E-state index contributed by atoms with van der Waals surface area (Å²) < 4.78 is 13.7. The van der Waals surface area contributed by atoms with Gasteiger partial charge in [-0.3, -0.25) is 0 Å². The summed E-state index contributed by atoms with van der Waals surface area (Å²) in [6.07, 6.45) is 2.64. The second-order valence-corrected chi connectivity index (χ2v) is 5.24. The van der Waals surface area contributed by atoms with Crippen molar-refractivity contribution in [3.8, 4) is 0 Å². The van der Waals surface area contributed by atoms with E-state index in [2.05, 4.69) is 15.9 Å². The Morgan fingerprint density at radius 3 is 2.62 bits per heavy atom. The summed E-state index contributed by atoms with van der Waals surface area (Å²) in [6, 6.07) is 4.27. The quantitative estimate of drug-likeness (QED) is 0.898. The van der Waals surface area contributed by atoms with Crippen molar-refractivity contribution in [2.24, 2.45) is 11.7 Å². The predicted octanol–water partition coefficient (Wildman–Crippen LogP) is 2.75. The van der Waals surface area contributed by atoms with Gasteiger partial charge >= 0.3 is 0 Å². The van der Waals surface area contributed by atoms with Crippen LogP contribution in [0, 0.1) is 11.7 Å². The molecule has 3 N–H and O–H groups in total. The van der Waals surface area contributed by atoms with Crippen molar-refractivity contribution in [2.75, 3.05) is 0 Å². The zero-order chi connectivity index (χ0) is 11.7. The number of hydrogen-bond acceptors (Lipinski definition) is 2. The van der Waals surface area contributed by atoms with Gasteiger partial charge in [-0.1, -0.05) is 12.5 Å². The molecule has 0 bridgehead atoms. The topological polar surface area (TPSA) is 46.2 Å². The Labute approximate surface area is 103 Å². The lowest BCUT2D eigenvalue weighted by atomic mass is 9.77. The number of rotatable bonds is 3. The van der Waals surface area contributed by atoms with Gasteiger partial charge < -0.3 is 10.8 Å². The molecule has 1 aromatic rings. The fraction of sp³-hybridized carbons (Fsp3) is 0.500. The Bertz CT molecular complexity index is 381. The summed E-state index contributed by atoms with van der Waals surface area (Å²) in [5, 5.41) is 9.99. The first-order valence-electron chi connectivity index (χ1n) is 5.48. The van der Waals surface area contributed by atoms with Gasteiger partial charge in [0.2, 0.25) is 0 Å². The van der Waals surface area contributed by atoms with Crippen LogP contribution in [-0.2, 0) is 0 Å². The van der Waals surface area contributed by atoms with Crippen LogP contribution in [0.25, 0.3) is 0 Å². The fourth-order valence-corrected chi connectivity index (χ4v) is 2.24. The van der Waals surface area contributed by atoms with Crippen molar-refractivity contribution < 1.29 is 9.50 Å². The molecule has 0 unspecified atom stereocenters. The Morgan fingerprint density at radius 1 is 1.44 bits per heavy atom. The third kappa shape index (κ3) is 2.29. The molecule has 0 radical (unpaired) electrons. The van der Waals surface area contributed by atoms with Crippen molar-refractivity contribution in [1.82, 2.24) is 0 Å². The van der Waals surface area contributed by atoms with E-state index in [1.165, 1.54) is 6.07 Å². The Morgan fingerprint density at radius 2 is 2.12 bits per heavy atom. The maximum absolute atomic E-state index is 13.3. The molecule has 1 aliphatic carbocycles. The van der Waals surface area contributed by atoms with E-state index in [0.717, 1.165) is 19.3 Å². The van der Waals surface area contributed by atoms with Gasteiger partial charge in [-0.15, -0.1) is 0 Å². The number of benzene rings is 1. The molecular weight excluding hydrogens is 273 g/mol. The number of aliphatic hydroxyl groups excluding tert-OH is 1. The van der Waals surface area contributed by atoms with Gasteiger partial charge in [0.25, 0.3) is 0 Å². The largest absolute Gasteiger partial charge is 0.391 e. The van der Waals surface area contributed by atoms with E-state index >= 15 is 0 Å². The summed E-state index contributed by atoms with van der Waals surface area (Å²) in [6.45, 7) is 0. The lowest BCUT2D eigenvalue weighted by Crippen LogP contribution is -2.36. The average Bonchev–Trinajstić information content (AvgIpc) is 2.18. The second kappa shape index (κ2) is 4.82. The molecule has 2 nitrogen and oxygen atoms in total. The van der Waals surface area contributed by atoms with Gasteiger partial charge in [0, 0.05) is 0 Å². The minimum Gasteiger partial charge on any atom is -0.391 e. The lowest BCUT2D eigenvalue weighted by Gasteiger charge is -2.33. The SMILES string of the molecule is N[C@@H](c1ccc(Br)c(F)c1)[C@H](O)C1CCC1. The molecule has 2 rings (SSSR count). The molecule has 0 aliphatic heterocycles. The average molecular weight is 288 g/mol. The van der Waals surface area contributed by atoms with E-state index in [-0.39, 0.29) is 11.7 Å². The Hall–Kier alpha value is -0.450. The van der Waals surface area contributed by atoms with Gasteiger partial charge in [-0.05, 0) is 52.4 Å². The fourth-order valence-electron chi connectivity index (χ4n) is 1.99. The number of halogens is 2. The molecule has 16 heavy (non-hydrogen) atoms. The van der Waals surface area contributed by atoms with Crippen LogP contribution in [-0.4, -0.2) is 11.2 Å². The lowest BCUT2D eigenvalue weighted by molar-refractivity contribution is 0.0413. The summed E-state index contributed by atoms with van der Waals surface area (Å²) in [5.74, 6) is -0.0598. The van der Waals surface area contributed by atoms with Crippen LogP contribution in [0.5, 0.6) is 0 Å². The monoisotopic (exact) mass is 287 g/mol. The molecule has 1 saturated carbocycles. The van der Waals surface area contributed by atoms with E-state index < -0.39 is 12.1 Å². The van der Waals surface area contributed by atoms with Crippen LogP contribution in [0.2, 0.25) is 0 Å². The van der Waals surface area contributed by atoms with Crippen molar-refractivity contribution in [3.63, 3.8) is 0 Å². The smallest absolute Gasteiger partial charge is 0.137 e. The van der Waals surface area contributed by atoms with Crippen LogP contribution in [0.4, 0.5) is 4.39 Å². The second-order valence-electron chi connectivity index (χ2n) is 4.38. The molecule has 1 aliphatic rings. The zero-order valence-corrected chi connectivity index (χ0v) is 10.5. The van der Waals surface area contributed by atoms with Crippen molar-refractivity contribution >= 4 is 15.9 Å². The highest BCUT2D eigenvalue weighted by Crippen LogP contribution is 2.34. The van der Waals surface area contributed by atoms with E-state index in [4.69, 9.17) is 5.73 Å². The first-order valence-corrected chi connectivity index (χ1v) is 6.27. The standard InChI is InChI=1S/C12H15BrFNO/c13-9-5-4-8(6-10(9)14)11(15)12(16)7-2-1-3-7/h4-7,11-12,16H,1-3,15H2/t11-,12+/m0/s1. The van der Waals surface area contributed by atoms with E-state index in [1.54, 1.807) is 12.1 Å². The van der Waals surface area contributed by atoms with Gasteiger partial charge in [-0.25, -0.2) is 4.39 Å². The third-order valence-electron chi connectivity index (χ3n) is 3.33. The molecule has 0 spiro atoms. The molecule has 1 fully saturated rings. The number of hydrogen-bond donors (Lipinski definition) is 2. The highest BCUT2D eigenvalue weighted by molar-refractivity contribution is 9.10. The van der Waals surface area contributed by atoms with E-state index in [0.29, 0.717) is 10.0 Å². The minimum absolute atomic E-state index is 0.279. The molecule has 1 aromatic carbocycles. The molecule has 0 amide bonds. The first-order chi connectivity index (χ1) is 7.59. The van der Waals surface area contributed by atoms with Crippen molar-refractivity contribution in [2.45, 2.75) is 31.4 Å². The van der Waals surface area contributed by atoms with Crippen LogP contribution >= 0.6 is 15.9 Å². The van der Waals surface area contributed by atoms with Crippen LogP contribution < -0.4 is 5.73 Å². The maximum atomic E-state index is 13.3. The molecule has 0 heterocycles. The maximum Gasteiger partial charge on any atom is 0.137 e. The number of nitrogens with two attached hydrogens (primary N) is 1. The summed E-state index contributed by atoms with van der Waals surface area (Å²) >= 11 is 3.09. The van der Waals surface area contributed by atoms with E-state index in [1.807, 2.05) is 0 Å². The van der Waals surface area contributed by atoms with Gasteiger partial charge in [0.1, 0.15) is 5.82 Å². The Kier molecular flexibility index (Phi) is 3.62. The predicted molar refractivity (Wildman–Crippen MR) is 64.4 cm³/mol. The highest BCUT2D eigenvalue weighted by Gasteiger charge is 2.30. The molecule has 4 heteroatoms. The molecular formula is C12H15BrFNO. The van der Waals surface area contributed by atoms with Crippen molar-refractivity contribution in [3.05, 3.63) is 34.1 Å². The van der Waals surface area contributed by atoms with Crippen LogP contribution in [0.3, 0.4) is 0 Å². The summed E-state index contributed by atoms with van der Waals surface area (Å²) in [5.41, 5.74) is 6.59. The van der Waals surface area contributed by atoms with E-state index in [9.17, 15) is 9.50 Å². The molecule has 0 aromatic heterocycles. The summed E-state index contributed by atoms with van der Waals surface area (Å²) in [7, 11) is 0. The first kappa shape index (κ1) is 12.0. The molecule has 2 atom stereocenters. The van der Waals surface area contributed by atoms with Crippen LogP contribution in [0.1, 0.15) is 30.9 Å². The third-order valence-corrected chi connectivity index (χ3v) is 3.97. The van der Waals surface area contributed by atoms with Crippen molar-refractivity contribution in [1.29, 1.82) is 0 Å². The van der Waals surface area contributed by atoms with Gasteiger partial charge in [-0.2, -0.15) is 0 Å². The highest BCUT2D eigenvalue weighted by atomic mass is 79.9. The molecule has 88 valence electrons. The van der Waals surface area contributed by atoms with Gasteiger partial charge in [0.05, 0.1) is 16.6 Å². The Balaban J connectivity index is 2.12. The van der Waals surface area contributed by atoms with Gasteiger partial charge in [0.15, 0.2) is 0 Å².